The monoisotopic (exact) mass is 254 g/mol. The maximum Gasteiger partial charge on any atom is 0.138 e. The molecule has 1 aromatic heterocycles. The third-order valence-corrected chi connectivity index (χ3v) is 2.99. The zero-order valence-electron chi connectivity index (χ0n) is 12.0. The van der Waals surface area contributed by atoms with Crippen LogP contribution in [0.5, 0.6) is 0 Å². The van der Waals surface area contributed by atoms with Crippen molar-refractivity contribution in [3.63, 3.8) is 0 Å². The fraction of sp³-hybridized carbons (Fsp3) is 0.846. The Morgan fingerprint density at radius 2 is 2.11 bits per heavy atom. The van der Waals surface area contributed by atoms with Gasteiger partial charge in [-0.1, -0.05) is 13.3 Å². The molecule has 5 nitrogen and oxygen atoms in total. The second-order valence-electron chi connectivity index (χ2n) is 4.87. The molecule has 0 radical (unpaired) electrons. The van der Waals surface area contributed by atoms with Crippen LogP contribution < -0.4 is 5.73 Å². The van der Waals surface area contributed by atoms with Crippen LogP contribution in [-0.2, 0) is 11.2 Å². The standard InChI is InChI=1S/C13H26N4O/c1-5-7-12(18-6-2)11(14)8-13-15-9-16-17(13)10(3)4/h9-12H,5-8,14H2,1-4H3. The van der Waals surface area contributed by atoms with Gasteiger partial charge in [-0.05, 0) is 27.2 Å². The zero-order valence-corrected chi connectivity index (χ0v) is 12.0. The van der Waals surface area contributed by atoms with Crippen molar-refractivity contribution in [1.29, 1.82) is 0 Å². The van der Waals surface area contributed by atoms with Gasteiger partial charge in [-0.2, -0.15) is 5.10 Å². The summed E-state index contributed by atoms with van der Waals surface area (Å²) in [6, 6.07) is 0.290. The number of nitrogens with zero attached hydrogens (tertiary/aromatic N) is 3. The van der Waals surface area contributed by atoms with Crippen LogP contribution in [0.25, 0.3) is 0 Å². The van der Waals surface area contributed by atoms with E-state index in [-0.39, 0.29) is 12.1 Å². The van der Waals surface area contributed by atoms with E-state index < -0.39 is 0 Å². The molecule has 0 fully saturated rings. The summed E-state index contributed by atoms with van der Waals surface area (Å²) in [4.78, 5) is 4.30. The topological polar surface area (TPSA) is 66.0 Å². The minimum absolute atomic E-state index is 0.0217. The molecule has 1 aromatic rings. The van der Waals surface area contributed by atoms with Crippen LogP contribution in [0.1, 0.15) is 52.4 Å². The summed E-state index contributed by atoms with van der Waals surface area (Å²) in [6.45, 7) is 9.04. The summed E-state index contributed by atoms with van der Waals surface area (Å²) in [6.07, 6.45) is 4.48. The molecule has 0 saturated carbocycles. The lowest BCUT2D eigenvalue weighted by atomic mass is 10.0. The van der Waals surface area contributed by atoms with Crippen molar-refractivity contribution >= 4 is 0 Å². The van der Waals surface area contributed by atoms with Crippen molar-refractivity contribution in [2.75, 3.05) is 6.61 Å². The molecule has 1 rings (SSSR count). The second-order valence-corrected chi connectivity index (χ2v) is 4.87. The Morgan fingerprint density at radius 3 is 2.67 bits per heavy atom. The van der Waals surface area contributed by atoms with Gasteiger partial charge in [0, 0.05) is 25.1 Å². The van der Waals surface area contributed by atoms with Crippen LogP contribution in [0.4, 0.5) is 0 Å². The number of hydrogen-bond acceptors (Lipinski definition) is 4. The molecular formula is C13H26N4O. The number of aromatic nitrogens is 3. The predicted octanol–water partition coefficient (Wildman–Crippen LogP) is 1.93. The highest BCUT2D eigenvalue weighted by atomic mass is 16.5. The highest BCUT2D eigenvalue weighted by molar-refractivity contribution is 4.92. The van der Waals surface area contributed by atoms with E-state index in [9.17, 15) is 0 Å². The molecule has 18 heavy (non-hydrogen) atoms. The first kappa shape index (κ1) is 15.1. The first-order chi connectivity index (χ1) is 8.60. The Hall–Kier alpha value is -0.940. The van der Waals surface area contributed by atoms with Crippen LogP contribution >= 0.6 is 0 Å². The molecule has 2 unspecified atom stereocenters. The summed E-state index contributed by atoms with van der Waals surface area (Å²) in [5, 5.41) is 4.23. The molecule has 0 spiro atoms. The molecule has 1 heterocycles. The van der Waals surface area contributed by atoms with Gasteiger partial charge in [0.25, 0.3) is 0 Å². The normalized spacial score (nSPS) is 15.0. The highest BCUT2D eigenvalue weighted by Gasteiger charge is 2.20. The minimum atomic E-state index is -0.0217. The average molecular weight is 254 g/mol. The lowest BCUT2D eigenvalue weighted by Gasteiger charge is -2.23. The lowest BCUT2D eigenvalue weighted by Crippen LogP contribution is -2.39. The summed E-state index contributed by atoms with van der Waals surface area (Å²) >= 11 is 0. The Bertz CT molecular complexity index is 331. The molecule has 0 bridgehead atoms. The Kier molecular flexibility index (Phi) is 6.29. The van der Waals surface area contributed by atoms with Gasteiger partial charge >= 0.3 is 0 Å². The van der Waals surface area contributed by atoms with Crippen LogP contribution in [0.3, 0.4) is 0 Å². The maximum atomic E-state index is 6.24. The van der Waals surface area contributed by atoms with Gasteiger partial charge in [-0.3, -0.25) is 0 Å². The first-order valence-corrected chi connectivity index (χ1v) is 6.85. The van der Waals surface area contributed by atoms with Crippen LogP contribution in [0.15, 0.2) is 6.33 Å². The van der Waals surface area contributed by atoms with Crippen molar-refractivity contribution < 1.29 is 4.74 Å². The Morgan fingerprint density at radius 1 is 1.39 bits per heavy atom. The predicted molar refractivity (Wildman–Crippen MR) is 72.4 cm³/mol. The van der Waals surface area contributed by atoms with Crippen molar-refractivity contribution in [2.24, 2.45) is 5.73 Å². The Balaban J connectivity index is 2.66. The molecule has 0 amide bonds. The number of ether oxygens (including phenoxy) is 1. The zero-order chi connectivity index (χ0) is 13.5. The molecule has 5 heteroatoms. The van der Waals surface area contributed by atoms with Gasteiger partial charge in [0.1, 0.15) is 12.2 Å². The van der Waals surface area contributed by atoms with E-state index in [4.69, 9.17) is 10.5 Å². The van der Waals surface area contributed by atoms with Gasteiger partial charge in [-0.15, -0.1) is 0 Å². The van der Waals surface area contributed by atoms with E-state index in [0.29, 0.717) is 19.1 Å². The first-order valence-electron chi connectivity index (χ1n) is 6.85. The Labute approximate surface area is 110 Å². The molecule has 0 aliphatic heterocycles. The van der Waals surface area contributed by atoms with Gasteiger partial charge in [-0.25, -0.2) is 9.67 Å². The van der Waals surface area contributed by atoms with Crippen molar-refractivity contribution in [2.45, 2.75) is 65.1 Å². The third kappa shape index (κ3) is 4.07. The molecule has 0 aliphatic rings. The number of hydrogen-bond donors (Lipinski definition) is 1. The quantitative estimate of drug-likeness (QED) is 0.770. The van der Waals surface area contributed by atoms with Crippen molar-refractivity contribution in [1.82, 2.24) is 14.8 Å². The van der Waals surface area contributed by atoms with Crippen LogP contribution in [0.2, 0.25) is 0 Å². The molecule has 0 aliphatic carbocycles. The SMILES string of the molecule is CCCC(OCC)C(N)Cc1ncnn1C(C)C. The lowest BCUT2D eigenvalue weighted by molar-refractivity contribution is 0.0371. The maximum absolute atomic E-state index is 6.24. The summed E-state index contributed by atoms with van der Waals surface area (Å²) in [5.74, 6) is 0.943. The summed E-state index contributed by atoms with van der Waals surface area (Å²) in [5.41, 5.74) is 6.24. The fourth-order valence-electron chi connectivity index (χ4n) is 2.11. The summed E-state index contributed by atoms with van der Waals surface area (Å²) < 4.78 is 7.64. The minimum Gasteiger partial charge on any atom is -0.377 e. The second kappa shape index (κ2) is 7.48. The molecule has 2 atom stereocenters. The van der Waals surface area contributed by atoms with E-state index >= 15 is 0 Å². The number of rotatable bonds is 8. The van der Waals surface area contributed by atoms with Crippen molar-refractivity contribution in [3.05, 3.63) is 12.2 Å². The molecule has 0 aromatic carbocycles. The molecular weight excluding hydrogens is 228 g/mol. The largest absolute Gasteiger partial charge is 0.377 e. The molecule has 104 valence electrons. The fourth-order valence-corrected chi connectivity index (χ4v) is 2.11. The van der Waals surface area contributed by atoms with Gasteiger partial charge in [0.15, 0.2) is 0 Å². The van der Waals surface area contributed by atoms with E-state index in [2.05, 4.69) is 30.9 Å². The molecule has 2 N–H and O–H groups in total. The van der Waals surface area contributed by atoms with E-state index in [1.165, 1.54) is 0 Å². The van der Waals surface area contributed by atoms with Crippen molar-refractivity contribution in [3.8, 4) is 0 Å². The van der Waals surface area contributed by atoms with Gasteiger partial charge < -0.3 is 10.5 Å². The van der Waals surface area contributed by atoms with Crippen LogP contribution in [0, 0.1) is 0 Å². The average Bonchev–Trinajstić information content (AvgIpc) is 2.77. The third-order valence-electron chi connectivity index (χ3n) is 2.99. The smallest absolute Gasteiger partial charge is 0.138 e. The number of nitrogens with two attached hydrogens (primary N) is 1. The van der Waals surface area contributed by atoms with Gasteiger partial charge in [0.2, 0.25) is 0 Å². The molecule has 0 saturated heterocycles. The highest BCUT2D eigenvalue weighted by Crippen LogP contribution is 2.12. The summed E-state index contributed by atoms with van der Waals surface area (Å²) in [7, 11) is 0. The van der Waals surface area contributed by atoms with E-state index in [0.717, 1.165) is 18.7 Å². The van der Waals surface area contributed by atoms with E-state index in [1.807, 2.05) is 11.6 Å². The van der Waals surface area contributed by atoms with Crippen LogP contribution in [-0.4, -0.2) is 33.5 Å². The van der Waals surface area contributed by atoms with Gasteiger partial charge in [0.05, 0.1) is 6.10 Å². The van der Waals surface area contributed by atoms with E-state index in [1.54, 1.807) is 6.33 Å².